The molecule has 0 spiro atoms. The van der Waals surface area contributed by atoms with Crippen molar-refractivity contribution in [3.05, 3.63) is 193 Å². The second-order valence-electron chi connectivity index (χ2n) is 14.2. The molecular formula is C50H30N2O2S. The van der Waals surface area contributed by atoms with Gasteiger partial charge in [0, 0.05) is 48.7 Å². The number of thiophene rings is 1. The van der Waals surface area contributed by atoms with Gasteiger partial charge in [-0.3, -0.25) is 0 Å². The molecule has 1 aliphatic carbocycles. The zero-order chi connectivity index (χ0) is 36.0. The molecule has 4 nitrogen and oxygen atoms in total. The lowest BCUT2D eigenvalue weighted by molar-refractivity contribution is 0.617. The van der Waals surface area contributed by atoms with E-state index in [1.807, 2.05) is 47.7 Å². The van der Waals surface area contributed by atoms with E-state index < -0.39 is 0 Å². The molecule has 258 valence electrons. The zero-order valence-corrected chi connectivity index (χ0v) is 30.3. The number of hydrogen-bond donors (Lipinski definition) is 0. The molecule has 0 bridgehead atoms. The largest absolute Gasteiger partial charge is 0.456 e. The van der Waals surface area contributed by atoms with Crippen LogP contribution in [0.25, 0.3) is 75.8 Å². The number of nitrogens with zero attached hydrogens (tertiary/aromatic N) is 2. The van der Waals surface area contributed by atoms with Crippen molar-refractivity contribution in [1.82, 2.24) is 4.98 Å². The summed E-state index contributed by atoms with van der Waals surface area (Å²) in [5.41, 5.74) is 13.7. The van der Waals surface area contributed by atoms with Crippen molar-refractivity contribution >= 4 is 81.6 Å². The van der Waals surface area contributed by atoms with Gasteiger partial charge in [0.05, 0.1) is 22.4 Å². The fourth-order valence-electron chi connectivity index (χ4n) is 8.88. The first-order valence-corrected chi connectivity index (χ1v) is 19.4. The summed E-state index contributed by atoms with van der Waals surface area (Å²) >= 11 is 1.84. The standard InChI is InChI=1S/C50H30N2O2S/c1-3-14-30(15-4-1)46-32-18-7-8-19-33(32)47-35(46)21-11-22-38(47)52(40-24-13-27-45-49(40)34-20-9-10-26-44(34)55-45)39-23-12-25-41-48(39)36-28-37-43(29-42(36)53-41)54-50(51-37)31-16-5-2-6-17-31/h1-29,46H. The Morgan fingerprint density at radius 3 is 2.07 bits per heavy atom. The van der Waals surface area contributed by atoms with Crippen LogP contribution < -0.4 is 4.90 Å². The highest BCUT2D eigenvalue weighted by molar-refractivity contribution is 7.26. The van der Waals surface area contributed by atoms with Crippen molar-refractivity contribution < 1.29 is 8.83 Å². The van der Waals surface area contributed by atoms with Crippen LogP contribution in [0.5, 0.6) is 0 Å². The summed E-state index contributed by atoms with van der Waals surface area (Å²) in [6.45, 7) is 0. The molecule has 5 heteroatoms. The van der Waals surface area contributed by atoms with Crippen molar-refractivity contribution in [3.63, 3.8) is 0 Å². The molecule has 0 N–H and O–H groups in total. The first-order chi connectivity index (χ1) is 27.3. The van der Waals surface area contributed by atoms with Crippen LogP contribution in [-0.4, -0.2) is 4.98 Å². The molecule has 0 amide bonds. The quantitative estimate of drug-likeness (QED) is 0.177. The van der Waals surface area contributed by atoms with Gasteiger partial charge in [-0.15, -0.1) is 11.3 Å². The molecule has 0 saturated carbocycles. The van der Waals surface area contributed by atoms with Crippen LogP contribution in [0.1, 0.15) is 22.6 Å². The number of anilines is 3. The summed E-state index contributed by atoms with van der Waals surface area (Å²) < 4.78 is 15.5. The third-order valence-electron chi connectivity index (χ3n) is 11.2. The third kappa shape index (κ3) is 4.54. The average molecular weight is 723 g/mol. The number of benzene rings is 8. The summed E-state index contributed by atoms with van der Waals surface area (Å²) in [5.74, 6) is 0.716. The number of aromatic nitrogens is 1. The van der Waals surface area contributed by atoms with Crippen LogP contribution in [0.4, 0.5) is 17.1 Å². The topological polar surface area (TPSA) is 42.4 Å². The van der Waals surface area contributed by atoms with E-state index in [1.54, 1.807) is 0 Å². The van der Waals surface area contributed by atoms with Gasteiger partial charge in [0.1, 0.15) is 16.7 Å². The summed E-state index contributed by atoms with van der Waals surface area (Å²) in [7, 11) is 0. The van der Waals surface area contributed by atoms with Crippen molar-refractivity contribution in [2.24, 2.45) is 0 Å². The second kappa shape index (κ2) is 11.8. The molecule has 11 aromatic rings. The summed E-state index contributed by atoms with van der Waals surface area (Å²) in [4.78, 5) is 7.46. The Kier molecular flexibility index (Phi) is 6.53. The highest BCUT2D eigenvalue weighted by Gasteiger charge is 2.34. The number of fused-ring (bicyclic) bond motifs is 10. The van der Waals surface area contributed by atoms with Crippen LogP contribution >= 0.6 is 11.3 Å². The third-order valence-corrected chi connectivity index (χ3v) is 12.3. The van der Waals surface area contributed by atoms with Gasteiger partial charge in [0.15, 0.2) is 5.58 Å². The van der Waals surface area contributed by atoms with Crippen LogP contribution in [0.3, 0.4) is 0 Å². The Labute approximate surface area is 320 Å². The monoisotopic (exact) mass is 722 g/mol. The Morgan fingerprint density at radius 1 is 0.491 bits per heavy atom. The lowest BCUT2D eigenvalue weighted by Gasteiger charge is -2.29. The van der Waals surface area contributed by atoms with Crippen LogP contribution in [0.2, 0.25) is 0 Å². The highest BCUT2D eigenvalue weighted by Crippen LogP contribution is 2.56. The molecule has 1 unspecified atom stereocenters. The molecule has 0 aliphatic heterocycles. The van der Waals surface area contributed by atoms with E-state index in [0.717, 1.165) is 50.1 Å². The first kappa shape index (κ1) is 30.5. The maximum Gasteiger partial charge on any atom is 0.227 e. The number of oxazole rings is 1. The van der Waals surface area contributed by atoms with Gasteiger partial charge in [-0.05, 0) is 76.9 Å². The van der Waals surface area contributed by atoms with Crippen LogP contribution in [0, 0.1) is 0 Å². The summed E-state index contributed by atoms with van der Waals surface area (Å²) in [6.07, 6.45) is 0. The van der Waals surface area contributed by atoms with Crippen molar-refractivity contribution in [1.29, 1.82) is 0 Å². The maximum atomic E-state index is 6.69. The predicted octanol–water partition coefficient (Wildman–Crippen LogP) is 14.4. The molecule has 1 atom stereocenters. The van der Waals surface area contributed by atoms with Crippen molar-refractivity contribution in [3.8, 4) is 22.6 Å². The molecular weight excluding hydrogens is 693 g/mol. The van der Waals surface area contributed by atoms with Crippen molar-refractivity contribution in [2.45, 2.75) is 5.92 Å². The van der Waals surface area contributed by atoms with Crippen LogP contribution in [-0.2, 0) is 0 Å². The minimum Gasteiger partial charge on any atom is -0.456 e. The van der Waals surface area contributed by atoms with E-state index in [4.69, 9.17) is 13.8 Å². The number of furan rings is 1. The van der Waals surface area contributed by atoms with E-state index in [-0.39, 0.29) is 5.92 Å². The molecule has 0 radical (unpaired) electrons. The van der Waals surface area contributed by atoms with E-state index in [1.165, 1.54) is 48.0 Å². The van der Waals surface area contributed by atoms with Gasteiger partial charge in [-0.2, -0.15) is 0 Å². The molecule has 0 fully saturated rings. The van der Waals surface area contributed by atoms with Crippen molar-refractivity contribution in [2.75, 3.05) is 4.90 Å². The minimum atomic E-state index is 0.122. The zero-order valence-electron chi connectivity index (χ0n) is 29.4. The average Bonchev–Trinajstić information content (AvgIpc) is 4.01. The molecule has 3 heterocycles. The molecule has 8 aromatic carbocycles. The van der Waals surface area contributed by atoms with Gasteiger partial charge >= 0.3 is 0 Å². The predicted molar refractivity (Wildman–Crippen MR) is 227 cm³/mol. The fourth-order valence-corrected chi connectivity index (χ4v) is 10.0. The molecule has 12 rings (SSSR count). The Bertz CT molecular complexity index is 3290. The van der Waals surface area contributed by atoms with E-state index >= 15 is 0 Å². The molecule has 0 saturated heterocycles. The Morgan fingerprint density at radius 2 is 1.18 bits per heavy atom. The second-order valence-corrected chi connectivity index (χ2v) is 15.3. The van der Waals surface area contributed by atoms with Gasteiger partial charge in [0.25, 0.3) is 0 Å². The maximum absolute atomic E-state index is 6.69. The molecule has 3 aromatic heterocycles. The van der Waals surface area contributed by atoms with E-state index in [2.05, 4.69) is 144 Å². The minimum absolute atomic E-state index is 0.122. The van der Waals surface area contributed by atoms with Gasteiger partial charge in [-0.25, -0.2) is 4.98 Å². The van der Waals surface area contributed by atoms with E-state index in [0.29, 0.717) is 11.5 Å². The summed E-state index contributed by atoms with van der Waals surface area (Å²) in [5, 5.41) is 4.51. The first-order valence-electron chi connectivity index (χ1n) is 18.6. The number of hydrogen-bond acceptors (Lipinski definition) is 5. The summed E-state index contributed by atoms with van der Waals surface area (Å²) in [6, 6.07) is 62.7. The fraction of sp³-hybridized carbons (Fsp3) is 0.0200. The lowest BCUT2D eigenvalue weighted by atomic mass is 9.89. The molecule has 1 aliphatic rings. The normalized spacial score (nSPS) is 13.6. The smallest absolute Gasteiger partial charge is 0.227 e. The Balaban J connectivity index is 1.18. The van der Waals surface area contributed by atoms with Gasteiger partial charge in [-0.1, -0.05) is 115 Å². The Hall–Kier alpha value is -6.95. The lowest BCUT2D eigenvalue weighted by Crippen LogP contribution is -2.12. The van der Waals surface area contributed by atoms with E-state index in [9.17, 15) is 0 Å². The van der Waals surface area contributed by atoms with Crippen LogP contribution in [0.15, 0.2) is 185 Å². The van der Waals surface area contributed by atoms with Gasteiger partial charge in [0.2, 0.25) is 5.89 Å². The highest BCUT2D eigenvalue weighted by atomic mass is 32.1. The molecule has 55 heavy (non-hydrogen) atoms. The van der Waals surface area contributed by atoms with Gasteiger partial charge < -0.3 is 13.7 Å². The number of rotatable bonds is 5. The SMILES string of the molecule is c1ccc(-c2nc3cc4c(cc3o2)oc2cccc(N(c3cccc5c3-c3ccccc3C5c3ccccc3)c3cccc5sc6ccccc6c35)c24)cc1.